The van der Waals surface area contributed by atoms with Crippen molar-refractivity contribution in [1.82, 2.24) is 14.7 Å². The third-order valence-corrected chi connectivity index (χ3v) is 4.52. The monoisotopic (exact) mass is 289 g/mol. The standard InChI is InChI=1S/C13H21Cl2N3/c1-10-13(15)12(17(2)16-10)9-18-8-4-3-5-11(18)6-7-14/h11H,3-9H2,1-2H3. The van der Waals surface area contributed by atoms with Gasteiger partial charge in [-0.25, -0.2) is 0 Å². The lowest BCUT2D eigenvalue weighted by atomic mass is 10.00. The smallest absolute Gasteiger partial charge is 0.0860 e. The topological polar surface area (TPSA) is 21.1 Å². The fourth-order valence-electron chi connectivity index (χ4n) is 2.77. The largest absolute Gasteiger partial charge is 0.294 e. The molecule has 0 aromatic carbocycles. The second kappa shape index (κ2) is 6.27. The highest BCUT2D eigenvalue weighted by Gasteiger charge is 2.24. The molecule has 1 unspecified atom stereocenters. The summed E-state index contributed by atoms with van der Waals surface area (Å²) in [5, 5.41) is 5.19. The number of alkyl halides is 1. The van der Waals surface area contributed by atoms with E-state index in [1.807, 2.05) is 18.7 Å². The molecule has 0 N–H and O–H groups in total. The van der Waals surface area contributed by atoms with Gasteiger partial charge < -0.3 is 0 Å². The van der Waals surface area contributed by atoms with E-state index in [9.17, 15) is 0 Å². The van der Waals surface area contributed by atoms with Crippen molar-refractivity contribution in [2.24, 2.45) is 7.05 Å². The van der Waals surface area contributed by atoms with E-state index in [1.54, 1.807) is 0 Å². The highest BCUT2D eigenvalue weighted by molar-refractivity contribution is 6.31. The molecule has 1 fully saturated rings. The van der Waals surface area contributed by atoms with Crippen LogP contribution in [0.2, 0.25) is 5.02 Å². The summed E-state index contributed by atoms with van der Waals surface area (Å²) >= 11 is 12.2. The number of piperidine rings is 1. The summed E-state index contributed by atoms with van der Waals surface area (Å²) in [4.78, 5) is 2.51. The predicted octanol–water partition coefficient (Wildman–Crippen LogP) is 3.37. The van der Waals surface area contributed by atoms with Crippen molar-refractivity contribution in [2.75, 3.05) is 12.4 Å². The van der Waals surface area contributed by atoms with Gasteiger partial charge in [0.2, 0.25) is 0 Å². The lowest BCUT2D eigenvalue weighted by molar-refractivity contribution is 0.133. The second-order valence-corrected chi connectivity index (χ2v) is 5.82. The molecule has 0 amide bonds. The third kappa shape index (κ3) is 3.01. The number of hydrogen-bond acceptors (Lipinski definition) is 2. The van der Waals surface area contributed by atoms with E-state index in [4.69, 9.17) is 23.2 Å². The molecule has 1 aromatic rings. The van der Waals surface area contributed by atoms with Crippen LogP contribution in [0.1, 0.15) is 37.1 Å². The summed E-state index contributed by atoms with van der Waals surface area (Å²) in [6, 6.07) is 0.600. The molecule has 1 aliphatic heterocycles. The first-order chi connectivity index (χ1) is 8.63. The second-order valence-electron chi connectivity index (χ2n) is 5.07. The van der Waals surface area contributed by atoms with Crippen LogP contribution in [0, 0.1) is 6.92 Å². The maximum absolute atomic E-state index is 6.32. The van der Waals surface area contributed by atoms with Crippen molar-refractivity contribution in [3.8, 4) is 0 Å². The van der Waals surface area contributed by atoms with E-state index in [-0.39, 0.29) is 0 Å². The van der Waals surface area contributed by atoms with Gasteiger partial charge in [0.25, 0.3) is 0 Å². The van der Waals surface area contributed by atoms with E-state index in [2.05, 4.69) is 10.00 Å². The van der Waals surface area contributed by atoms with Crippen LogP contribution in [0.3, 0.4) is 0 Å². The van der Waals surface area contributed by atoms with Crippen molar-refractivity contribution in [2.45, 2.75) is 45.2 Å². The van der Waals surface area contributed by atoms with Crippen molar-refractivity contribution < 1.29 is 0 Å². The molecule has 0 aliphatic carbocycles. The van der Waals surface area contributed by atoms with Gasteiger partial charge in [-0.05, 0) is 32.7 Å². The molecule has 1 saturated heterocycles. The Balaban J connectivity index is 2.10. The molecule has 18 heavy (non-hydrogen) atoms. The highest BCUT2D eigenvalue weighted by atomic mass is 35.5. The van der Waals surface area contributed by atoms with E-state index in [1.165, 1.54) is 19.3 Å². The minimum absolute atomic E-state index is 0.600. The Morgan fingerprint density at radius 1 is 1.39 bits per heavy atom. The third-order valence-electron chi connectivity index (χ3n) is 3.81. The van der Waals surface area contributed by atoms with Crippen molar-refractivity contribution in [1.29, 1.82) is 0 Å². The summed E-state index contributed by atoms with van der Waals surface area (Å²) < 4.78 is 1.91. The van der Waals surface area contributed by atoms with Crippen molar-refractivity contribution in [3.63, 3.8) is 0 Å². The summed E-state index contributed by atoms with van der Waals surface area (Å²) in [6.07, 6.45) is 4.90. The average Bonchev–Trinajstić information content (AvgIpc) is 2.59. The Morgan fingerprint density at radius 3 is 2.78 bits per heavy atom. The molecule has 0 bridgehead atoms. The Morgan fingerprint density at radius 2 is 2.17 bits per heavy atom. The number of rotatable bonds is 4. The van der Waals surface area contributed by atoms with Crippen LogP contribution in [-0.4, -0.2) is 33.1 Å². The van der Waals surface area contributed by atoms with Crippen molar-refractivity contribution >= 4 is 23.2 Å². The highest BCUT2D eigenvalue weighted by Crippen LogP contribution is 2.26. The first-order valence-corrected chi connectivity index (χ1v) is 7.52. The Hall–Kier alpha value is -0.250. The van der Waals surface area contributed by atoms with Gasteiger partial charge in [-0.2, -0.15) is 5.10 Å². The normalized spacial score (nSPS) is 21.4. The van der Waals surface area contributed by atoms with Crippen LogP contribution in [0.4, 0.5) is 0 Å². The van der Waals surface area contributed by atoms with Gasteiger partial charge in [0.1, 0.15) is 0 Å². The summed E-state index contributed by atoms with van der Waals surface area (Å²) in [5.41, 5.74) is 2.04. The summed E-state index contributed by atoms with van der Waals surface area (Å²) in [5.74, 6) is 0.735. The molecule has 0 spiro atoms. The predicted molar refractivity (Wildman–Crippen MR) is 76.3 cm³/mol. The van der Waals surface area contributed by atoms with E-state index >= 15 is 0 Å². The van der Waals surface area contributed by atoms with Crippen LogP contribution in [-0.2, 0) is 13.6 Å². The van der Waals surface area contributed by atoms with Crippen LogP contribution in [0.25, 0.3) is 0 Å². The quantitative estimate of drug-likeness (QED) is 0.793. The molecule has 5 heteroatoms. The molecular weight excluding hydrogens is 269 g/mol. The maximum atomic E-state index is 6.32. The zero-order chi connectivity index (χ0) is 13.1. The Kier molecular flexibility index (Phi) is 4.93. The fourth-order valence-corrected chi connectivity index (χ4v) is 3.24. The molecule has 1 aliphatic rings. The van der Waals surface area contributed by atoms with Crippen molar-refractivity contribution in [3.05, 3.63) is 16.4 Å². The van der Waals surface area contributed by atoms with Crippen LogP contribution in [0.15, 0.2) is 0 Å². The molecule has 102 valence electrons. The zero-order valence-electron chi connectivity index (χ0n) is 11.1. The molecule has 3 nitrogen and oxygen atoms in total. The van der Waals surface area contributed by atoms with Gasteiger partial charge in [0.15, 0.2) is 0 Å². The number of aryl methyl sites for hydroxylation is 2. The van der Waals surface area contributed by atoms with Crippen LogP contribution >= 0.6 is 23.2 Å². The number of likely N-dealkylation sites (tertiary alicyclic amines) is 1. The Bertz CT molecular complexity index is 401. The molecule has 2 heterocycles. The number of aromatic nitrogens is 2. The van der Waals surface area contributed by atoms with Crippen LogP contribution in [0.5, 0.6) is 0 Å². The molecule has 2 rings (SSSR count). The number of halogens is 2. The minimum Gasteiger partial charge on any atom is -0.294 e. The fraction of sp³-hybridized carbons (Fsp3) is 0.769. The summed E-state index contributed by atoms with van der Waals surface area (Å²) in [7, 11) is 1.97. The van der Waals surface area contributed by atoms with Gasteiger partial charge >= 0.3 is 0 Å². The Labute approximate surface area is 119 Å². The van der Waals surface area contributed by atoms with E-state index in [0.717, 1.165) is 41.8 Å². The van der Waals surface area contributed by atoms with Gasteiger partial charge in [0, 0.05) is 25.5 Å². The molecule has 0 radical (unpaired) electrons. The zero-order valence-corrected chi connectivity index (χ0v) is 12.6. The lowest BCUT2D eigenvalue weighted by Gasteiger charge is -2.35. The average molecular weight is 290 g/mol. The van der Waals surface area contributed by atoms with Gasteiger partial charge in [0.05, 0.1) is 16.4 Å². The number of hydrogen-bond donors (Lipinski definition) is 0. The molecule has 0 saturated carbocycles. The molecule has 1 aromatic heterocycles. The van der Waals surface area contributed by atoms with Gasteiger partial charge in [-0.15, -0.1) is 11.6 Å². The van der Waals surface area contributed by atoms with E-state index < -0.39 is 0 Å². The summed E-state index contributed by atoms with van der Waals surface area (Å²) in [6.45, 7) is 3.98. The lowest BCUT2D eigenvalue weighted by Crippen LogP contribution is -2.39. The molecule has 1 atom stereocenters. The first kappa shape index (κ1) is 14.2. The number of nitrogens with zero attached hydrogens (tertiary/aromatic N) is 3. The van der Waals surface area contributed by atoms with Gasteiger partial charge in [-0.3, -0.25) is 9.58 Å². The minimum atomic E-state index is 0.600. The molecular formula is C13H21Cl2N3. The van der Waals surface area contributed by atoms with Crippen LogP contribution < -0.4 is 0 Å². The van der Waals surface area contributed by atoms with Gasteiger partial charge in [-0.1, -0.05) is 18.0 Å². The van der Waals surface area contributed by atoms with E-state index in [0.29, 0.717) is 6.04 Å². The maximum Gasteiger partial charge on any atom is 0.0860 e. The SMILES string of the molecule is Cc1nn(C)c(CN2CCCCC2CCCl)c1Cl. The first-order valence-electron chi connectivity index (χ1n) is 6.61.